The van der Waals surface area contributed by atoms with E-state index in [1.54, 1.807) is 0 Å². The lowest BCUT2D eigenvalue weighted by molar-refractivity contribution is -0.122. The molecule has 2 heterocycles. The zero-order valence-corrected chi connectivity index (χ0v) is 16.9. The molecule has 2 aliphatic heterocycles. The Morgan fingerprint density at radius 3 is 2.62 bits per heavy atom. The number of nitrogens with zero attached hydrogens (tertiary/aromatic N) is 1. The normalized spacial score (nSPS) is 22.8. The lowest BCUT2D eigenvalue weighted by atomic mass is 9.84. The van der Waals surface area contributed by atoms with E-state index in [2.05, 4.69) is 36.3 Å². The molecule has 0 aromatic carbocycles. The van der Waals surface area contributed by atoms with Crippen LogP contribution in [0.25, 0.3) is 0 Å². The van der Waals surface area contributed by atoms with Crippen molar-refractivity contribution in [1.29, 1.82) is 0 Å². The molecule has 1 amide bonds. The van der Waals surface area contributed by atoms with Crippen molar-refractivity contribution in [2.75, 3.05) is 45.9 Å². The third kappa shape index (κ3) is 8.34. The van der Waals surface area contributed by atoms with Gasteiger partial charge in [-0.05, 0) is 51.6 Å². The van der Waals surface area contributed by atoms with Crippen molar-refractivity contribution in [2.24, 2.45) is 11.8 Å². The maximum Gasteiger partial charge on any atom is 0.220 e. The molecule has 0 radical (unpaired) electrons. The maximum atomic E-state index is 12.1. The molecule has 2 N–H and O–H groups in total. The molecule has 2 aliphatic rings. The van der Waals surface area contributed by atoms with Gasteiger partial charge in [0.2, 0.25) is 5.91 Å². The van der Waals surface area contributed by atoms with Gasteiger partial charge in [0.25, 0.3) is 0 Å². The van der Waals surface area contributed by atoms with Gasteiger partial charge in [-0.3, -0.25) is 9.69 Å². The first-order chi connectivity index (χ1) is 10.5. The predicted octanol–water partition coefficient (Wildman–Crippen LogP) is 2.08. The largest absolute Gasteiger partial charge is 0.373 e. The van der Waals surface area contributed by atoms with Crippen molar-refractivity contribution in [3.05, 3.63) is 0 Å². The first kappa shape index (κ1) is 23.9. The number of carbonyl (C=O) groups is 1. The van der Waals surface area contributed by atoms with E-state index in [9.17, 15) is 4.79 Å². The molecule has 0 spiro atoms. The Morgan fingerprint density at radius 1 is 1.33 bits per heavy atom. The highest BCUT2D eigenvalue weighted by atomic mass is 35.5. The number of morpholine rings is 1. The molecule has 0 aromatic heterocycles. The van der Waals surface area contributed by atoms with Crippen molar-refractivity contribution in [2.45, 2.75) is 45.6 Å². The molecule has 144 valence electrons. The fourth-order valence-corrected chi connectivity index (χ4v) is 3.60. The summed E-state index contributed by atoms with van der Waals surface area (Å²) in [6.45, 7) is 13.0. The quantitative estimate of drug-likeness (QED) is 0.736. The van der Waals surface area contributed by atoms with Gasteiger partial charge in [-0.15, -0.1) is 24.8 Å². The monoisotopic (exact) mass is 383 g/mol. The first-order valence-electron chi connectivity index (χ1n) is 8.80. The average molecular weight is 384 g/mol. The number of ether oxygens (including phenoxy) is 1. The van der Waals surface area contributed by atoms with Gasteiger partial charge >= 0.3 is 0 Å². The summed E-state index contributed by atoms with van der Waals surface area (Å²) in [6, 6.07) is 0. The van der Waals surface area contributed by atoms with Crippen molar-refractivity contribution in [1.82, 2.24) is 15.5 Å². The second-order valence-electron chi connectivity index (χ2n) is 7.50. The third-order valence-electron chi connectivity index (χ3n) is 4.95. The fourth-order valence-electron chi connectivity index (χ4n) is 3.60. The predicted molar refractivity (Wildman–Crippen MR) is 103 cm³/mol. The highest BCUT2D eigenvalue weighted by molar-refractivity contribution is 5.85. The van der Waals surface area contributed by atoms with Crippen LogP contribution in [0.15, 0.2) is 0 Å². The summed E-state index contributed by atoms with van der Waals surface area (Å²) < 4.78 is 5.71. The Kier molecular flexibility index (Phi) is 11.5. The molecule has 2 rings (SSSR count). The minimum Gasteiger partial charge on any atom is -0.373 e. The highest BCUT2D eigenvalue weighted by Crippen LogP contribution is 2.24. The Morgan fingerprint density at radius 2 is 2.00 bits per heavy atom. The van der Waals surface area contributed by atoms with E-state index in [0.29, 0.717) is 18.3 Å². The molecule has 1 unspecified atom stereocenters. The zero-order chi connectivity index (χ0) is 16.0. The van der Waals surface area contributed by atoms with Crippen LogP contribution in [-0.2, 0) is 9.53 Å². The van der Waals surface area contributed by atoms with Crippen molar-refractivity contribution >= 4 is 30.7 Å². The second-order valence-corrected chi connectivity index (χ2v) is 7.50. The van der Waals surface area contributed by atoms with Gasteiger partial charge in [0.15, 0.2) is 0 Å². The number of hydrogen-bond donors (Lipinski definition) is 2. The number of carbonyl (C=O) groups excluding carboxylic acids is 1. The lowest BCUT2D eigenvalue weighted by Crippen LogP contribution is -2.50. The molecule has 2 fully saturated rings. The molecule has 5 nitrogen and oxygen atoms in total. The summed E-state index contributed by atoms with van der Waals surface area (Å²) in [6.07, 6.45) is 3.08. The van der Waals surface area contributed by atoms with Crippen molar-refractivity contribution < 1.29 is 9.53 Å². The van der Waals surface area contributed by atoms with E-state index in [-0.39, 0.29) is 36.3 Å². The molecule has 1 atom stereocenters. The molecule has 0 saturated carbocycles. The Labute approximate surface area is 159 Å². The second kappa shape index (κ2) is 11.5. The van der Waals surface area contributed by atoms with Gasteiger partial charge in [0.1, 0.15) is 0 Å². The van der Waals surface area contributed by atoms with Gasteiger partial charge < -0.3 is 15.4 Å². The van der Waals surface area contributed by atoms with Gasteiger partial charge in [-0.1, -0.05) is 6.92 Å². The van der Waals surface area contributed by atoms with Gasteiger partial charge in [-0.2, -0.15) is 0 Å². The van der Waals surface area contributed by atoms with Crippen LogP contribution in [-0.4, -0.2) is 62.3 Å². The van der Waals surface area contributed by atoms with Crippen molar-refractivity contribution in [3.63, 3.8) is 0 Å². The molecule has 0 bridgehead atoms. The number of rotatable bonds is 6. The standard InChI is InChI=1S/C17H33N3O2.2ClH/c1-14(15-4-6-18-7-5-15)12-16(21)19-8-9-20-10-11-22-17(2,3)13-20;;/h14-15,18H,4-13H2,1-3H3,(H,19,21);2*1H. The van der Waals surface area contributed by atoms with Gasteiger partial charge in [-0.25, -0.2) is 0 Å². The Bertz CT molecular complexity index is 364. The summed E-state index contributed by atoms with van der Waals surface area (Å²) in [5.41, 5.74) is -0.0637. The van der Waals surface area contributed by atoms with Crippen LogP contribution in [0.4, 0.5) is 0 Å². The Hall–Kier alpha value is -0.0700. The molecule has 24 heavy (non-hydrogen) atoms. The van der Waals surface area contributed by atoms with E-state index in [1.807, 2.05) is 0 Å². The van der Waals surface area contributed by atoms with E-state index in [0.717, 1.165) is 45.9 Å². The molecule has 2 saturated heterocycles. The van der Waals surface area contributed by atoms with Gasteiger partial charge in [0.05, 0.1) is 12.2 Å². The SMILES string of the molecule is CC(CC(=O)NCCN1CCOC(C)(C)C1)C1CCNCC1.Cl.Cl. The molecular formula is C17H35Cl2N3O2. The van der Waals surface area contributed by atoms with Crippen LogP contribution in [0, 0.1) is 11.8 Å². The highest BCUT2D eigenvalue weighted by Gasteiger charge is 2.27. The van der Waals surface area contributed by atoms with Crippen LogP contribution in [0.2, 0.25) is 0 Å². The number of hydrogen-bond acceptors (Lipinski definition) is 4. The molecular weight excluding hydrogens is 349 g/mol. The summed E-state index contributed by atoms with van der Waals surface area (Å²) in [7, 11) is 0. The van der Waals surface area contributed by atoms with Crippen LogP contribution in [0.5, 0.6) is 0 Å². The average Bonchev–Trinajstić information content (AvgIpc) is 2.47. The minimum atomic E-state index is -0.0637. The molecule has 0 aromatic rings. The van der Waals surface area contributed by atoms with E-state index in [1.165, 1.54) is 12.8 Å². The maximum absolute atomic E-state index is 12.1. The zero-order valence-electron chi connectivity index (χ0n) is 15.3. The van der Waals surface area contributed by atoms with Crippen LogP contribution in [0.1, 0.15) is 40.0 Å². The third-order valence-corrected chi connectivity index (χ3v) is 4.95. The Balaban J connectivity index is 0.00000264. The molecule has 7 heteroatoms. The summed E-state index contributed by atoms with van der Waals surface area (Å²) in [5.74, 6) is 1.40. The first-order valence-corrected chi connectivity index (χ1v) is 8.80. The number of amides is 1. The van der Waals surface area contributed by atoms with E-state index >= 15 is 0 Å². The topological polar surface area (TPSA) is 53.6 Å². The van der Waals surface area contributed by atoms with E-state index in [4.69, 9.17) is 4.74 Å². The van der Waals surface area contributed by atoms with Crippen molar-refractivity contribution in [3.8, 4) is 0 Å². The lowest BCUT2D eigenvalue weighted by Gasteiger charge is -2.38. The van der Waals surface area contributed by atoms with Crippen LogP contribution < -0.4 is 10.6 Å². The molecule has 0 aliphatic carbocycles. The number of halogens is 2. The number of nitrogens with one attached hydrogen (secondary N) is 2. The fraction of sp³-hybridized carbons (Fsp3) is 0.941. The summed E-state index contributed by atoms with van der Waals surface area (Å²) in [4.78, 5) is 14.5. The van der Waals surface area contributed by atoms with Crippen LogP contribution >= 0.6 is 24.8 Å². The number of piperidine rings is 1. The van der Waals surface area contributed by atoms with E-state index < -0.39 is 0 Å². The van der Waals surface area contributed by atoms with Gasteiger partial charge in [0, 0.05) is 32.6 Å². The minimum absolute atomic E-state index is 0. The summed E-state index contributed by atoms with van der Waals surface area (Å²) in [5, 5.41) is 6.47. The van der Waals surface area contributed by atoms with Crippen LogP contribution in [0.3, 0.4) is 0 Å². The summed E-state index contributed by atoms with van der Waals surface area (Å²) >= 11 is 0. The smallest absolute Gasteiger partial charge is 0.220 e.